The maximum Gasteiger partial charge on any atom is 0.355 e. The summed E-state index contributed by atoms with van der Waals surface area (Å²) in [6.45, 7) is 4.78. The molecule has 6 nitrogen and oxygen atoms in total. The molecule has 1 aromatic heterocycles. The van der Waals surface area contributed by atoms with E-state index in [1.165, 1.54) is 5.38 Å². The first-order valence-electron chi connectivity index (χ1n) is 5.95. The monoisotopic (exact) mass is 285 g/mol. The van der Waals surface area contributed by atoms with Crippen molar-refractivity contribution in [1.29, 1.82) is 0 Å². The SMILES string of the molecule is CC(C)C(CN(C)C)NC(=O)c1nc(C(=O)O)cs1. The predicted molar refractivity (Wildman–Crippen MR) is 73.7 cm³/mol. The summed E-state index contributed by atoms with van der Waals surface area (Å²) in [5.74, 6) is -1.16. The van der Waals surface area contributed by atoms with Crippen molar-refractivity contribution in [3.63, 3.8) is 0 Å². The van der Waals surface area contributed by atoms with Gasteiger partial charge in [-0.25, -0.2) is 9.78 Å². The first-order chi connectivity index (χ1) is 8.81. The van der Waals surface area contributed by atoms with Crippen molar-refractivity contribution in [1.82, 2.24) is 15.2 Å². The second-order valence-electron chi connectivity index (χ2n) is 4.93. The number of carbonyl (C=O) groups is 2. The molecule has 106 valence electrons. The van der Waals surface area contributed by atoms with Gasteiger partial charge in [-0.1, -0.05) is 13.8 Å². The quantitative estimate of drug-likeness (QED) is 0.819. The van der Waals surface area contributed by atoms with Gasteiger partial charge >= 0.3 is 5.97 Å². The Labute approximate surface area is 116 Å². The standard InChI is InChI=1S/C12H19N3O3S/c1-7(2)8(5-15(3)4)13-10(16)11-14-9(6-19-11)12(17)18/h6-8H,5H2,1-4H3,(H,13,16)(H,17,18). The largest absolute Gasteiger partial charge is 0.476 e. The molecule has 1 rings (SSSR count). The highest BCUT2D eigenvalue weighted by Crippen LogP contribution is 2.11. The molecule has 0 aliphatic rings. The molecular formula is C12H19N3O3S. The van der Waals surface area contributed by atoms with Crippen LogP contribution in [0.2, 0.25) is 0 Å². The number of likely N-dealkylation sites (N-methyl/N-ethyl adjacent to an activating group) is 1. The third-order valence-electron chi connectivity index (χ3n) is 2.60. The van der Waals surface area contributed by atoms with Gasteiger partial charge < -0.3 is 15.3 Å². The number of carboxylic acid groups (broad SMARTS) is 1. The summed E-state index contributed by atoms with van der Waals surface area (Å²) < 4.78 is 0. The van der Waals surface area contributed by atoms with Crippen LogP contribution in [0.1, 0.15) is 34.1 Å². The third kappa shape index (κ3) is 4.60. The molecule has 2 N–H and O–H groups in total. The van der Waals surface area contributed by atoms with Crippen LogP contribution in [0.5, 0.6) is 0 Å². The van der Waals surface area contributed by atoms with Crippen LogP contribution in [0.3, 0.4) is 0 Å². The van der Waals surface area contributed by atoms with Crippen LogP contribution in [-0.2, 0) is 0 Å². The van der Waals surface area contributed by atoms with Crippen LogP contribution in [0, 0.1) is 5.92 Å². The molecule has 1 atom stereocenters. The van der Waals surface area contributed by atoms with Crippen LogP contribution in [-0.4, -0.2) is 53.5 Å². The Morgan fingerprint density at radius 1 is 1.47 bits per heavy atom. The molecule has 0 spiro atoms. The molecule has 1 heterocycles. The van der Waals surface area contributed by atoms with Crippen LogP contribution < -0.4 is 5.32 Å². The van der Waals surface area contributed by atoms with Crippen molar-refractivity contribution in [2.75, 3.05) is 20.6 Å². The minimum absolute atomic E-state index is 0.000298. The van der Waals surface area contributed by atoms with Gasteiger partial charge in [-0.2, -0.15) is 0 Å². The maximum absolute atomic E-state index is 12.0. The number of rotatable bonds is 6. The van der Waals surface area contributed by atoms with E-state index in [1.807, 2.05) is 32.8 Å². The number of nitrogens with zero attached hydrogens (tertiary/aromatic N) is 2. The fourth-order valence-corrected chi connectivity index (χ4v) is 2.22. The average Bonchev–Trinajstić information content (AvgIpc) is 2.76. The average molecular weight is 285 g/mol. The number of nitrogens with one attached hydrogen (secondary N) is 1. The Kier molecular flexibility index (Phi) is 5.44. The Morgan fingerprint density at radius 2 is 2.11 bits per heavy atom. The van der Waals surface area contributed by atoms with E-state index in [-0.39, 0.29) is 28.6 Å². The molecule has 0 aromatic carbocycles. The van der Waals surface area contributed by atoms with Crippen LogP contribution >= 0.6 is 11.3 Å². The fourth-order valence-electron chi connectivity index (χ4n) is 1.52. The normalized spacial score (nSPS) is 12.7. The van der Waals surface area contributed by atoms with Crippen molar-refractivity contribution < 1.29 is 14.7 Å². The summed E-state index contributed by atoms with van der Waals surface area (Å²) in [5, 5.41) is 13.2. The third-order valence-corrected chi connectivity index (χ3v) is 3.44. The van der Waals surface area contributed by atoms with Gasteiger partial charge in [0, 0.05) is 18.0 Å². The number of amides is 1. The second-order valence-corrected chi connectivity index (χ2v) is 5.79. The smallest absolute Gasteiger partial charge is 0.355 e. The minimum Gasteiger partial charge on any atom is -0.476 e. The number of carbonyl (C=O) groups excluding carboxylic acids is 1. The summed E-state index contributed by atoms with van der Waals surface area (Å²) in [6.07, 6.45) is 0. The van der Waals surface area contributed by atoms with E-state index < -0.39 is 5.97 Å². The van der Waals surface area contributed by atoms with Gasteiger partial charge in [0.15, 0.2) is 10.7 Å². The number of carboxylic acids is 1. The number of hydrogen-bond acceptors (Lipinski definition) is 5. The van der Waals surface area contributed by atoms with Crippen molar-refractivity contribution in [2.24, 2.45) is 5.92 Å². The molecule has 0 bridgehead atoms. The molecule has 0 fully saturated rings. The summed E-state index contributed by atoms with van der Waals surface area (Å²) in [7, 11) is 3.88. The number of aromatic nitrogens is 1. The summed E-state index contributed by atoms with van der Waals surface area (Å²) in [5.41, 5.74) is -0.0937. The first-order valence-corrected chi connectivity index (χ1v) is 6.83. The summed E-state index contributed by atoms with van der Waals surface area (Å²) in [6, 6.07) is -0.000298. The van der Waals surface area contributed by atoms with Gasteiger partial charge in [0.05, 0.1) is 0 Å². The minimum atomic E-state index is -1.12. The molecule has 7 heteroatoms. The Hall–Kier alpha value is -1.47. The molecule has 0 radical (unpaired) electrons. The molecule has 0 saturated heterocycles. The van der Waals surface area contributed by atoms with Gasteiger partial charge in [-0.05, 0) is 20.0 Å². The van der Waals surface area contributed by atoms with Gasteiger partial charge in [0.2, 0.25) is 0 Å². The molecule has 0 saturated carbocycles. The van der Waals surface area contributed by atoms with Crippen molar-refractivity contribution in [2.45, 2.75) is 19.9 Å². The number of hydrogen-bond donors (Lipinski definition) is 2. The van der Waals surface area contributed by atoms with E-state index in [4.69, 9.17) is 5.11 Å². The lowest BCUT2D eigenvalue weighted by molar-refractivity contribution is 0.0691. The predicted octanol–water partition coefficient (Wildman–Crippen LogP) is 1.16. The number of thiazole rings is 1. The zero-order valence-electron chi connectivity index (χ0n) is 11.5. The first kappa shape index (κ1) is 15.6. The zero-order chi connectivity index (χ0) is 14.6. The van der Waals surface area contributed by atoms with Gasteiger partial charge in [0.25, 0.3) is 5.91 Å². The van der Waals surface area contributed by atoms with Crippen LogP contribution in [0.25, 0.3) is 0 Å². The molecule has 19 heavy (non-hydrogen) atoms. The lowest BCUT2D eigenvalue weighted by Gasteiger charge is -2.25. The van der Waals surface area contributed by atoms with Gasteiger partial charge in [-0.15, -0.1) is 11.3 Å². The van der Waals surface area contributed by atoms with Crippen molar-refractivity contribution in [3.05, 3.63) is 16.1 Å². The Balaban J connectivity index is 2.73. The van der Waals surface area contributed by atoms with E-state index in [9.17, 15) is 9.59 Å². The van der Waals surface area contributed by atoms with E-state index in [1.54, 1.807) is 0 Å². The summed E-state index contributed by atoms with van der Waals surface area (Å²) in [4.78, 5) is 28.5. The molecule has 1 aromatic rings. The lowest BCUT2D eigenvalue weighted by Crippen LogP contribution is -2.45. The molecular weight excluding hydrogens is 266 g/mol. The van der Waals surface area contributed by atoms with E-state index in [0.717, 1.165) is 17.9 Å². The highest BCUT2D eigenvalue weighted by atomic mass is 32.1. The van der Waals surface area contributed by atoms with Crippen molar-refractivity contribution >= 4 is 23.2 Å². The van der Waals surface area contributed by atoms with E-state index in [0.29, 0.717) is 0 Å². The van der Waals surface area contributed by atoms with Gasteiger partial charge in [0.1, 0.15) is 0 Å². The Morgan fingerprint density at radius 3 is 2.53 bits per heavy atom. The van der Waals surface area contributed by atoms with Gasteiger partial charge in [-0.3, -0.25) is 4.79 Å². The van der Waals surface area contributed by atoms with Crippen LogP contribution in [0.4, 0.5) is 0 Å². The lowest BCUT2D eigenvalue weighted by atomic mass is 10.0. The maximum atomic E-state index is 12.0. The second kappa shape index (κ2) is 6.63. The van der Waals surface area contributed by atoms with Crippen LogP contribution in [0.15, 0.2) is 5.38 Å². The molecule has 1 amide bonds. The Bertz CT molecular complexity index is 457. The molecule has 0 aliphatic heterocycles. The van der Waals surface area contributed by atoms with E-state index >= 15 is 0 Å². The van der Waals surface area contributed by atoms with Crippen molar-refractivity contribution in [3.8, 4) is 0 Å². The number of aromatic carboxylic acids is 1. The highest BCUT2D eigenvalue weighted by molar-refractivity contribution is 7.11. The molecule has 0 aliphatic carbocycles. The zero-order valence-corrected chi connectivity index (χ0v) is 12.3. The summed E-state index contributed by atoms with van der Waals surface area (Å²) >= 11 is 1.04. The topological polar surface area (TPSA) is 82.5 Å². The molecule has 1 unspecified atom stereocenters. The highest BCUT2D eigenvalue weighted by Gasteiger charge is 2.20. The fraction of sp³-hybridized carbons (Fsp3) is 0.583. The van der Waals surface area contributed by atoms with E-state index in [2.05, 4.69) is 10.3 Å².